The van der Waals surface area contributed by atoms with E-state index in [-0.39, 0.29) is 0 Å². The van der Waals surface area contributed by atoms with Gasteiger partial charge in [0.25, 0.3) is 0 Å². The zero-order valence-electron chi connectivity index (χ0n) is 12.8. The van der Waals surface area contributed by atoms with Gasteiger partial charge in [-0.25, -0.2) is 18.7 Å². The van der Waals surface area contributed by atoms with Crippen molar-refractivity contribution >= 4 is 5.95 Å². The highest BCUT2D eigenvalue weighted by atomic mass is 19.1. The van der Waals surface area contributed by atoms with Gasteiger partial charge in [-0.2, -0.15) is 0 Å². The third kappa shape index (κ3) is 2.65. The molecule has 2 atom stereocenters. The molecule has 2 aromatic heterocycles. The first-order chi connectivity index (χ1) is 11.1. The van der Waals surface area contributed by atoms with E-state index in [1.54, 1.807) is 6.20 Å². The average molecular weight is 317 g/mol. The summed E-state index contributed by atoms with van der Waals surface area (Å²) in [6.07, 6.45) is 3.93. The molecule has 120 valence electrons. The Morgan fingerprint density at radius 1 is 1.22 bits per heavy atom. The van der Waals surface area contributed by atoms with Crippen LogP contribution < -0.4 is 4.90 Å². The summed E-state index contributed by atoms with van der Waals surface area (Å²) >= 11 is 0. The van der Waals surface area contributed by atoms with Gasteiger partial charge in [-0.3, -0.25) is 9.88 Å². The molecule has 23 heavy (non-hydrogen) atoms. The number of aryl methyl sites for hydroxylation is 1. The molecule has 0 radical (unpaired) electrons. The van der Waals surface area contributed by atoms with E-state index in [4.69, 9.17) is 0 Å². The number of fused-ring (bicyclic) bond motifs is 2. The van der Waals surface area contributed by atoms with E-state index in [1.165, 1.54) is 0 Å². The van der Waals surface area contributed by atoms with Gasteiger partial charge in [-0.05, 0) is 19.4 Å². The van der Waals surface area contributed by atoms with Gasteiger partial charge in [0.15, 0.2) is 0 Å². The van der Waals surface area contributed by atoms with Crippen LogP contribution in [0.2, 0.25) is 0 Å². The predicted molar refractivity (Wildman–Crippen MR) is 80.9 cm³/mol. The number of piperidine rings is 1. The summed E-state index contributed by atoms with van der Waals surface area (Å²) in [5, 5.41) is 0. The molecular formula is C16H17F2N5. The number of aromatic nitrogens is 3. The van der Waals surface area contributed by atoms with Crippen LogP contribution in [0.5, 0.6) is 0 Å². The zero-order valence-corrected chi connectivity index (χ0v) is 12.8. The first kappa shape index (κ1) is 14.4. The van der Waals surface area contributed by atoms with Gasteiger partial charge in [0.1, 0.15) is 11.6 Å². The number of piperazine rings is 1. The fourth-order valence-electron chi connectivity index (χ4n) is 3.43. The predicted octanol–water partition coefficient (Wildman–Crippen LogP) is 1.92. The molecule has 0 N–H and O–H groups in total. The zero-order chi connectivity index (χ0) is 16.0. The average Bonchev–Trinajstić information content (AvgIpc) is 2.54. The minimum atomic E-state index is -0.641. The van der Waals surface area contributed by atoms with Crippen LogP contribution in [0.3, 0.4) is 0 Å². The summed E-state index contributed by atoms with van der Waals surface area (Å²) in [6.45, 7) is 4.01. The summed E-state index contributed by atoms with van der Waals surface area (Å²) in [6, 6.07) is 3.45. The number of hydrogen-bond donors (Lipinski definition) is 0. The Balaban J connectivity index is 1.45. The molecule has 5 rings (SSSR count). The van der Waals surface area contributed by atoms with Crippen LogP contribution in [0.25, 0.3) is 0 Å². The summed E-state index contributed by atoms with van der Waals surface area (Å²) in [7, 11) is 0. The van der Waals surface area contributed by atoms with E-state index >= 15 is 0 Å². The number of nitrogens with zero attached hydrogens (tertiary/aromatic N) is 5. The molecule has 0 saturated carbocycles. The first-order valence-corrected chi connectivity index (χ1v) is 7.70. The Bertz CT molecular complexity index is 726. The van der Waals surface area contributed by atoms with Gasteiger partial charge < -0.3 is 4.90 Å². The molecule has 5 nitrogen and oxygen atoms in total. The van der Waals surface area contributed by atoms with Gasteiger partial charge in [-0.15, -0.1) is 0 Å². The number of halogens is 2. The lowest BCUT2D eigenvalue weighted by Crippen LogP contribution is -2.68. The lowest BCUT2D eigenvalue weighted by Gasteiger charge is -2.56. The van der Waals surface area contributed by atoms with Gasteiger partial charge in [-0.1, -0.05) is 0 Å². The molecule has 0 spiro atoms. The fourth-order valence-corrected chi connectivity index (χ4v) is 3.43. The number of anilines is 1. The largest absolute Gasteiger partial charge is 0.338 e. The second kappa shape index (κ2) is 5.49. The van der Waals surface area contributed by atoms with E-state index in [2.05, 4.69) is 24.8 Å². The molecule has 0 amide bonds. The Kier molecular flexibility index (Phi) is 3.45. The summed E-state index contributed by atoms with van der Waals surface area (Å²) in [4.78, 5) is 17.1. The quantitative estimate of drug-likeness (QED) is 0.865. The minimum absolute atomic E-state index is 0.307. The second-order valence-corrected chi connectivity index (χ2v) is 6.20. The van der Waals surface area contributed by atoms with Crippen molar-refractivity contribution in [2.24, 2.45) is 0 Å². The van der Waals surface area contributed by atoms with Crippen molar-refractivity contribution in [3.63, 3.8) is 0 Å². The number of hydrogen-bond acceptors (Lipinski definition) is 5. The van der Waals surface area contributed by atoms with Crippen LogP contribution in [-0.4, -0.2) is 45.0 Å². The highest BCUT2D eigenvalue weighted by molar-refractivity contribution is 5.34. The van der Waals surface area contributed by atoms with Crippen molar-refractivity contribution < 1.29 is 8.78 Å². The molecule has 2 aromatic rings. The molecule has 2 unspecified atom stereocenters. The van der Waals surface area contributed by atoms with Gasteiger partial charge >= 0.3 is 0 Å². The monoisotopic (exact) mass is 317 g/mol. The molecule has 0 aromatic carbocycles. The number of rotatable bonds is 3. The molecule has 3 aliphatic heterocycles. The standard InChI is InChI=1S/C16H17F2N5/c1-10-2-3-19-16(21-10)22-7-12-5-13(8-22)23(12)9-15-14(18)4-11(17)6-20-15/h2-4,6,12-13H,5,7-9H2,1H3. The van der Waals surface area contributed by atoms with Crippen molar-refractivity contribution in [1.82, 2.24) is 19.9 Å². The maximum absolute atomic E-state index is 13.8. The molecule has 3 aliphatic rings. The normalized spacial score (nSPS) is 23.7. The van der Waals surface area contributed by atoms with Gasteiger partial charge in [0.2, 0.25) is 5.95 Å². The van der Waals surface area contributed by atoms with Crippen LogP contribution in [0.15, 0.2) is 24.5 Å². The molecule has 3 fully saturated rings. The van der Waals surface area contributed by atoms with E-state index in [1.807, 2.05) is 13.0 Å². The Morgan fingerprint density at radius 2 is 2.00 bits per heavy atom. The maximum atomic E-state index is 13.8. The topological polar surface area (TPSA) is 45.2 Å². The number of pyridine rings is 1. The van der Waals surface area contributed by atoms with Crippen molar-refractivity contribution in [2.45, 2.75) is 32.0 Å². The summed E-state index contributed by atoms with van der Waals surface area (Å²) < 4.78 is 26.7. The Morgan fingerprint density at radius 3 is 2.70 bits per heavy atom. The van der Waals surface area contributed by atoms with Gasteiger partial charge in [0, 0.05) is 49.7 Å². The smallest absolute Gasteiger partial charge is 0.225 e. The maximum Gasteiger partial charge on any atom is 0.225 e. The van der Waals surface area contributed by atoms with Crippen molar-refractivity contribution in [3.8, 4) is 0 Å². The van der Waals surface area contributed by atoms with Gasteiger partial charge in [0.05, 0.1) is 11.9 Å². The molecule has 0 aliphatic carbocycles. The van der Waals surface area contributed by atoms with Crippen LogP contribution in [-0.2, 0) is 6.54 Å². The van der Waals surface area contributed by atoms with Crippen LogP contribution in [0, 0.1) is 18.6 Å². The fraction of sp³-hybridized carbons (Fsp3) is 0.438. The van der Waals surface area contributed by atoms with Crippen molar-refractivity contribution in [2.75, 3.05) is 18.0 Å². The van der Waals surface area contributed by atoms with Crippen molar-refractivity contribution in [1.29, 1.82) is 0 Å². The van der Waals surface area contributed by atoms with E-state index in [9.17, 15) is 8.78 Å². The SMILES string of the molecule is Cc1ccnc(N2CC3CC(C2)N3Cc2ncc(F)cc2F)n1. The third-order valence-electron chi connectivity index (χ3n) is 4.63. The Labute approximate surface area is 133 Å². The van der Waals surface area contributed by atoms with Crippen molar-refractivity contribution in [3.05, 3.63) is 47.5 Å². The highest BCUT2D eigenvalue weighted by Crippen LogP contribution is 2.34. The summed E-state index contributed by atoms with van der Waals surface area (Å²) in [5.74, 6) is -0.461. The van der Waals surface area contributed by atoms with Crippen LogP contribution >= 0.6 is 0 Å². The Hall–Kier alpha value is -2.15. The van der Waals surface area contributed by atoms with Crippen LogP contribution in [0.4, 0.5) is 14.7 Å². The second-order valence-electron chi connectivity index (χ2n) is 6.20. The molecule has 7 heteroatoms. The van der Waals surface area contributed by atoms with Crippen LogP contribution in [0.1, 0.15) is 17.8 Å². The highest BCUT2D eigenvalue weighted by Gasteiger charge is 2.45. The van der Waals surface area contributed by atoms with E-state index in [0.29, 0.717) is 24.3 Å². The summed E-state index contributed by atoms with van der Waals surface area (Å²) in [5.41, 5.74) is 1.25. The lowest BCUT2D eigenvalue weighted by atomic mass is 9.87. The minimum Gasteiger partial charge on any atom is -0.338 e. The van der Waals surface area contributed by atoms with E-state index < -0.39 is 11.6 Å². The molecule has 3 saturated heterocycles. The third-order valence-corrected chi connectivity index (χ3v) is 4.63. The molecular weight excluding hydrogens is 300 g/mol. The first-order valence-electron chi connectivity index (χ1n) is 7.70. The van der Waals surface area contributed by atoms with E-state index in [0.717, 1.165) is 43.4 Å². The molecule has 2 bridgehead atoms. The lowest BCUT2D eigenvalue weighted by molar-refractivity contribution is -0.0108. The molecule has 5 heterocycles.